The van der Waals surface area contributed by atoms with Crippen molar-refractivity contribution in [3.8, 4) is 5.75 Å². The SMILES string of the molecule is C[C@]12CC[C@@H]3c4ccc(OC[C@H]5CO5)cc4CC[C@H]3[C@@H]1CCC2=O. The molecule has 0 spiro atoms. The van der Waals surface area contributed by atoms with Crippen molar-refractivity contribution in [2.75, 3.05) is 13.2 Å². The van der Waals surface area contributed by atoms with Crippen LogP contribution >= 0.6 is 0 Å². The third-order valence-corrected chi connectivity index (χ3v) is 7.25. The van der Waals surface area contributed by atoms with Crippen LogP contribution in [0.4, 0.5) is 0 Å². The van der Waals surface area contributed by atoms with Crippen LogP contribution in [0.5, 0.6) is 5.75 Å². The summed E-state index contributed by atoms with van der Waals surface area (Å²) in [7, 11) is 0. The minimum Gasteiger partial charge on any atom is -0.491 e. The first-order valence-electron chi connectivity index (χ1n) is 9.56. The van der Waals surface area contributed by atoms with Crippen LogP contribution in [-0.4, -0.2) is 25.1 Å². The molecule has 1 aromatic carbocycles. The van der Waals surface area contributed by atoms with E-state index in [0.29, 0.717) is 36.2 Å². The van der Waals surface area contributed by atoms with E-state index in [-0.39, 0.29) is 5.41 Å². The molecule has 3 nitrogen and oxygen atoms in total. The lowest BCUT2D eigenvalue weighted by Gasteiger charge is -2.48. The van der Waals surface area contributed by atoms with Crippen LogP contribution in [0.25, 0.3) is 0 Å². The van der Waals surface area contributed by atoms with E-state index >= 15 is 0 Å². The molecule has 0 N–H and O–H groups in total. The Bertz CT molecular complexity index is 678. The predicted molar refractivity (Wildman–Crippen MR) is 91.3 cm³/mol. The van der Waals surface area contributed by atoms with Gasteiger partial charge in [0, 0.05) is 11.8 Å². The second kappa shape index (κ2) is 5.32. The summed E-state index contributed by atoms with van der Waals surface area (Å²) < 4.78 is 11.1. The minimum absolute atomic E-state index is 0.0218. The number of ether oxygens (including phenoxy) is 2. The molecule has 0 unspecified atom stereocenters. The third-order valence-electron chi connectivity index (χ3n) is 7.25. The zero-order chi connectivity index (χ0) is 16.3. The molecule has 5 rings (SSSR count). The van der Waals surface area contributed by atoms with Gasteiger partial charge in [-0.1, -0.05) is 13.0 Å². The van der Waals surface area contributed by atoms with Gasteiger partial charge in [-0.3, -0.25) is 4.79 Å². The number of rotatable bonds is 3. The molecule has 3 aliphatic carbocycles. The van der Waals surface area contributed by atoms with Gasteiger partial charge in [-0.05, 0) is 73.1 Å². The molecule has 1 heterocycles. The van der Waals surface area contributed by atoms with Crippen molar-refractivity contribution in [3.63, 3.8) is 0 Å². The highest BCUT2D eigenvalue weighted by molar-refractivity contribution is 5.87. The Kier molecular flexibility index (Phi) is 3.31. The standard InChI is InChI=1S/C21H26O3/c1-21-9-8-17-16-5-3-14(23-11-15-12-24-15)10-13(16)2-4-18(17)19(21)6-7-20(21)22/h3,5,10,15,17-19H,2,4,6-9,11-12H2,1H3/t15-,17+,18+,19-,21-/m0/s1. The summed E-state index contributed by atoms with van der Waals surface area (Å²) in [5, 5.41) is 0. The van der Waals surface area contributed by atoms with Crippen molar-refractivity contribution < 1.29 is 14.3 Å². The van der Waals surface area contributed by atoms with Gasteiger partial charge >= 0.3 is 0 Å². The van der Waals surface area contributed by atoms with Gasteiger partial charge in [-0.25, -0.2) is 0 Å². The molecule has 128 valence electrons. The Morgan fingerprint density at radius 2 is 2.12 bits per heavy atom. The van der Waals surface area contributed by atoms with Gasteiger partial charge in [0.25, 0.3) is 0 Å². The molecule has 1 aliphatic heterocycles. The predicted octanol–water partition coefficient (Wildman–Crippen LogP) is 3.89. The summed E-state index contributed by atoms with van der Waals surface area (Å²) in [5.74, 6) is 3.48. The molecule has 2 saturated carbocycles. The molecular weight excluding hydrogens is 300 g/mol. The van der Waals surface area contributed by atoms with Crippen LogP contribution in [0.3, 0.4) is 0 Å². The van der Waals surface area contributed by atoms with Gasteiger partial charge in [-0.2, -0.15) is 0 Å². The van der Waals surface area contributed by atoms with E-state index in [1.165, 1.54) is 24.0 Å². The second-order valence-corrected chi connectivity index (χ2v) is 8.46. The third kappa shape index (κ3) is 2.24. The smallest absolute Gasteiger partial charge is 0.139 e. The van der Waals surface area contributed by atoms with E-state index < -0.39 is 0 Å². The number of epoxide rings is 1. The number of hydrogen-bond acceptors (Lipinski definition) is 3. The Morgan fingerprint density at radius 3 is 2.96 bits per heavy atom. The summed E-state index contributed by atoms with van der Waals surface area (Å²) >= 11 is 0. The second-order valence-electron chi connectivity index (χ2n) is 8.46. The van der Waals surface area contributed by atoms with E-state index in [4.69, 9.17) is 9.47 Å². The van der Waals surface area contributed by atoms with Crippen molar-refractivity contribution in [2.45, 2.75) is 57.5 Å². The first kappa shape index (κ1) is 14.9. The number of ketones is 1. The highest BCUT2D eigenvalue weighted by Gasteiger charge is 2.54. The monoisotopic (exact) mass is 326 g/mol. The van der Waals surface area contributed by atoms with Crippen molar-refractivity contribution >= 4 is 5.78 Å². The lowest BCUT2D eigenvalue weighted by Crippen LogP contribution is -2.42. The average molecular weight is 326 g/mol. The lowest BCUT2D eigenvalue weighted by molar-refractivity contribution is -0.129. The molecule has 24 heavy (non-hydrogen) atoms. The topological polar surface area (TPSA) is 38.8 Å². The molecule has 1 aromatic rings. The first-order chi connectivity index (χ1) is 11.6. The number of benzene rings is 1. The molecule has 5 atom stereocenters. The molecule has 3 heteroatoms. The van der Waals surface area contributed by atoms with Gasteiger partial charge in [0.2, 0.25) is 0 Å². The maximum absolute atomic E-state index is 12.4. The van der Waals surface area contributed by atoms with Crippen LogP contribution in [-0.2, 0) is 16.0 Å². The van der Waals surface area contributed by atoms with Crippen LogP contribution in [0.2, 0.25) is 0 Å². The zero-order valence-corrected chi connectivity index (χ0v) is 14.4. The van der Waals surface area contributed by atoms with E-state index in [0.717, 1.165) is 38.0 Å². The normalized spacial score (nSPS) is 39.8. The molecule has 1 saturated heterocycles. The van der Waals surface area contributed by atoms with Crippen LogP contribution in [0, 0.1) is 17.3 Å². The maximum atomic E-state index is 12.4. The molecule has 0 radical (unpaired) electrons. The molecular formula is C21H26O3. The van der Waals surface area contributed by atoms with E-state index in [2.05, 4.69) is 25.1 Å². The van der Waals surface area contributed by atoms with Gasteiger partial charge in [0.1, 0.15) is 24.2 Å². The minimum atomic E-state index is -0.0218. The number of aryl methyl sites for hydroxylation is 1. The fraction of sp³-hybridized carbons (Fsp3) is 0.667. The number of hydrogen-bond donors (Lipinski definition) is 0. The molecule has 0 amide bonds. The first-order valence-corrected chi connectivity index (χ1v) is 9.56. The van der Waals surface area contributed by atoms with Crippen LogP contribution in [0.1, 0.15) is 56.1 Å². The van der Waals surface area contributed by atoms with E-state index in [1.807, 2.05) is 0 Å². The van der Waals surface area contributed by atoms with Gasteiger partial charge in [0.15, 0.2) is 0 Å². The average Bonchev–Trinajstić information content (AvgIpc) is 3.37. The summed E-state index contributed by atoms with van der Waals surface area (Å²) in [6.07, 6.45) is 6.86. The molecule has 4 aliphatic rings. The van der Waals surface area contributed by atoms with Crippen molar-refractivity contribution in [2.24, 2.45) is 17.3 Å². The molecule has 0 bridgehead atoms. The Labute approximate surface area is 143 Å². The highest BCUT2D eigenvalue weighted by atomic mass is 16.6. The van der Waals surface area contributed by atoms with Crippen molar-refractivity contribution in [3.05, 3.63) is 29.3 Å². The number of Topliss-reactive ketones (excluding diaryl/α,β-unsaturated/α-hetero) is 1. The maximum Gasteiger partial charge on any atom is 0.139 e. The zero-order valence-electron chi connectivity index (χ0n) is 14.4. The number of carbonyl (C=O) groups excluding carboxylic acids is 1. The highest BCUT2D eigenvalue weighted by Crippen LogP contribution is 2.59. The number of carbonyl (C=O) groups is 1. The van der Waals surface area contributed by atoms with Gasteiger partial charge < -0.3 is 9.47 Å². The summed E-state index contributed by atoms with van der Waals surface area (Å²) in [4.78, 5) is 12.4. The fourth-order valence-corrected chi connectivity index (χ4v) is 5.77. The van der Waals surface area contributed by atoms with E-state index in [9.17, 15) is 4.79 Å². The van der Waals surface area contributed by atoms with Crippen molar-refractivity contribution in [1.82, 2.24) is 0 Å². The Balaban J connectivity index is 1.39. The number of fused-ring (bicyclic) bond motifs is 5. The Morgan fingerprint density at radius 1 is 1.25 bits per heavy atom. The van der Waals surface area contributed by atoms with Crippen molar-refractivity contribution in [1.29, 1.82) is 0 Å². The quantitative estimate of drug-likeness (QED) is 0.791. The van der Waals surface area contributed by atoms with Crippen LogP contribution in [0.15, 0.2) is 18.2 Å². The molecule has 3 fully saturated rings. The Hall–Kier alpha value is -1.35. The van der Waals surface area contributed by atoms with Crippen LogP contribution < -0.4 is 4.74 Å². The largest absolute Gasteiger partial charge is 0.491 e. The molecule has 0 aromatic heterocycles. The summed E-state index contributed by atoms with van der Waals surface area (Å²) in [5.41, 5.74) is 2.98. The summed E-state index contributed by atoms with van der Waals surface area (Å²) in [6, 6.07) is 6.69. The lowest BCUT2D eigenvalue weighted by atomic mass is 9.55. The van der Waals surface area contributed by atoms with Gasteiger partial charge in [0.05, 0.1) is 6.61 Å². The fourth-order valence-electron chi connectivity index (χ4n) is 5.77. The van der Waals surface area contributed by atoms with Gasteiger partial charge in [-0.15, -0.1) is 0 Å². The van der Waals surface area contributed by atoms with E-state index in [1.54, 1.807) is 0 Å². The summed E-state index contributed by atoms with van der Waals surface area (Å²) in [6.45, 7) is 3.76.